The van der Waals surface area contributed by atoms with Gasteiger partial charge in [0.1, 0.15) is 5.82 Å². The predicted octanol–water partition coefficient (Wildman–Crippen LogP) is 2.13. The number of nitrogen functional groups attached to an aromatic ring is 1. The second-order valence-electron chi connectivity index (χ2n) is 3.15. The van der Waals surface area contributed by atoms with Gasteiger partial charge in [-0.3, -0.25) is 0 Å². The molecule has 0 atom stereocenters. The Kier molecular flexibility index (Phi) is 2.70. The van der Waals surface area contributed by atoms with Gasteiger partial charge < -0.3 is 5.43 Å². The van der Waals surface area contributed by atoms with Crippen LogP contribution in [0, 0.1) is 0 Å². The molecule has 0 bridgehead atoms. The molecular weight excluding hydrogens is 212 g/mol. The molecule has 1 aromatic carbocycles. The summed E-state index contributed by atoms with van der Waals surface area (Å²) in [5, 5.41) is 1.53. The molecule has 5 heteroatoms. The van der Waals surface area contributed by atoms with Crippen LogP contribution in [0.2, 0.25) is 5.02 Å². The third-order valence-electron chi connectivity index (χ3n) is 2.16. The Bertz CT molecular complexity index is 498. The van der Waals surface area contributed by atoms with Crippen LogP contribution in [0.25, 0.3) is 10.9 Å². The van der Waals surface area contributed by atoms with Gasteiger partial charge in [0.25, 0.3) is 0 Å². The largest absolute Gasteiger partial charge is 0.308 e. The molecule has 0 saturated carbocycles. The van der Waals surface area contributed by atoms with Gasteiger partial charge in [-0.2, -0.15) is 0 Å². The van der Waals surface area contributed by atoms with Gasteiger partial charge in [0.05, 0.1) is 5.52 Å². The maximum absolute atomic E-state index is 5.90. The zero-order valence-corrected chi connectivity index (χ0v) is 9.04. The van der Waals surface area contributed by atoms with E-state index in [-0.39, 0.29) is 0 Å². The van der Waals surface area contributed by atoms with Crippen molar-refractivity contribution < 1.29 is 0 Å². The average molecular weight is 223 g/mol. The van der Waals surface area contributed by atoms with Gasteiger partial charge in [-0.1, -0.05) is 18.5 Å². The first-order valence-electron chi connectivity index (χ1n) is 4.67. The summed E-state index contributed by atoms with van der Waals surface area (Å²) in [6, 6.07) is 5.45. The summed E-state index contributed by atoms with van der Waals surface area (Å²) in [6.45, 7) is 1.99. The van der Waals surface area contributed by atoms with E-state index in [0.717, 1.165) is 23.1 Å². The zero-order chi connectivity index (χ0) is 10.8. The molecule has 0 aliphatic carbocycles. The van der Waals surface area contributed by atoms with Crippen molar-refractivity contribution in [2.24, 2.45) is 5.84 Å². The Balaban J connectivity index is 2.74. The van der Waals surface area contributed by atoms with E-state index in [4.69, 9.17) is 17.4 Å². The van der Waals surface area contributed by atoms with E-state index in [1.807, 2.05) is 13.0 Å². The number of aromatic nitrogens is 2. The highest BCUT2D eigenvalue weighted by Crippen LogP contribution is 2.22. The lowest BCUT2D eigenvalue weighted by atomic mass is 10.2. The topological polar surface area (TPSA) is 63.8 Å². The van der Waals surface area contributed by atoms with Crippen molar-refractivity contribution in [3.8, 4) is 0 Å². The van der Waals surface area contributed by atoms with Gasteiger partial charge in [0.15, 0.2) is 5.82 Å². The summed E-state index contributed by atoms with van der Waals surface area (Å²) in [6.07, 6.45) is 0.761. The van der Waals surface area contributed by atoms with E-state index in [1.54, 1.807) is 12.1 Å². The smallest absolute Gasteiger partial charge is 0.151 e. The monoisotopic (exact) mass is 222 g/mol. The molecule has 78 valence electrons. The average Bonchev–Trinajstić information content (AvgIpc) is 2.26. The number of aryl methyl sites for hydroxylation is 1. The second kappa shape index (κ2) is 4.00. The third kappa shape index (κ3) is 1.86. The van der Waals surface area contributed by atoms with E-state index in [0.29, 0.717) is 10.8 Å². The van der Waals surface area contributed by atoms with Crippen molar-refractivity contribution in [2.45, 2.75) is 13.3 Å². The lowest BCUT2D eigenvalue weighted by Crippen LogP contribution is -2.11. The summed E-state index contributed by atoms with van der Waals surface area (Å²) in [5.74, 6) is 6.79. The Labute approximate surface area is 92.4 Å². The highest BCUT2D eigenvalue weighted by atomic mass is 35.5. The second-order valence-corrected chi connectivity index (χ2v) is 3.58. The fraction of sp³-hybridized carbons (Fsp3) is 0.200. The quantitative estimate of drug-likeness (QED) is 0.604. The number of nitrogens with one attached hydrogen (secondary N) is 1. The lowest BCUT2D eigenvalue weighted by molar-refractivity contribution is 0.959. The Morgan fingerprint density at radius 3 is 2.87 bits per heavy atom. The Morgan fingerprint density at radius 2 is 2.20 bits per heavy atom. The van der Waals surface area contributed by atoms with Crippen molar-refractivity contribution in [2.75, 3.05) is 5.43 Å². The van der Waals surface area contributed by atoms with Gasteiger partial charge in [0, 0.05) is 16.8 Å². The van der Waals surface area contributed by atoms with Crippen molar-refractivity contribution in [1.29, 1.82) is 0 Å². The zero-order valence-electron chi connectivity index (χ0n) is 8.29. The SMILES string of the molecule is CCc1nc(NN)c2ccc(Cl)cc2n1. The van der Waals surface area contributed by atoms with Crippen molar-refractivity contribution in [1.82, 2.24) is 9.97 Å². The molecule has 0 unspecified atom stereocenters. The summed E-state index contributed by atoms with van der Waals surface area (Å²) in [5.41, 5.74) is 3.38. The molecule has 2 aromatic rings. The van der Waals surface area contributed by atoms with E-state index in [2.05, 4.69) is 15.4 Å². The third-order valence-corrected chi connectivity index (χ3v) is 2.39. The molecule has 0 aliphatic heterocycles. The molecule has 0 fully saturated rings. The van der Waals surface area contributed by atoms with E-state index >= 15 is 0 Å². The number of nitrogens with zero attached hydrogens (tertiary/aromatic N) is 2. The number of fused-ring (bicyclic) bond motifs is 1. The van der Waals surface area contributed by atoms with Gasteiger partial charge in [-0.15, -0.1) is 0 Å². The highest BCUT2D eigenvalue weighted by Gasteiger charge is 2.05. The van der Waals surface area contributed by atoms with Crippen LogP contribution in [0.5, 0.6) is 0 Å². The van der Waals surface area contributed by atoms with Gasteiger partial charge in [-0.25, -0.2) is 15.8 Å². The summed E-state index contributed by atoms with van der Waals surface area (Å²) in [4.78, 5) is 8.65. The van der Waals surface area contributed by atoms with Gasteiger partial charge in [0.2, 0.25) is 0 Å². The Hall–Kier alpha value is -1.39. The van der Waals surface area contributed by atoms with Crippen LogP contribution in [0.15, 0.2) is 18.2 Å². The maximum Gasteiger partial charge on any atom is 0.151 e. The van der Waals surface area contributed by atoms with Crippen LogP contribution in [0.4, 0.5) is 5.82 Å². The number of rotatable bonds is 2. The molecule has 0 spiro atoms. The number of benzene rings is 1. The first-order chi connectivity index (χ1) is 7.24. The van der Waals surface area contributed by atoms with Crippen LogP contribution in [0.1, 0.15) is 12.7 Å². The molecule has 0 aliphatic rings. The number of hydrogen-bond donors (Lipinski definition) is 2. The van der Waals surface area contributed by atoms with Crippen LogP contribution in [-0.4, -0.2) is 9.97 Å². The standard InChI is InChI=1S/C10H11ClN4/c1-2-9-13-8-5-6(11)3-4-7(8)10(14-9)15-12/h3-5H,2,12H2,1H3,(H,13,14,15). The molecule has 0 amide bonds. The maximum atomic E-state index is 5.90. The first-order valence-corrected chi connectivity index (χ1v) is 5.05. The molecule has 15 heavy (non-hydrogen) atoms. The number of hydrogen-bond acceptors (Lipinski definition) is 4. The Morgan fingerprint density at radius 1 is 1.40 bits per heavy atom. The van der Waals surface area contributed by atoms with Crippen LogP contribution in [0.3, 0.4) is 0 Å². The fourth-order valence-corrected chi connectivity index (χ4v) is 1.59. The van der Waals surface area contributed by atoms with Crippen molar-refractivity contribution >= 4 is 28.3 Å². The van der Waals surface area contributed by atoms with E-state index < -0.39 is 0 Å². The van der Waals surface area contributed by atoms with Gasteiger partial charge >= 0.3 is 0 Å². The number of hydrazine groups is 1. The molecule has 2 rings (SSSR count). The van der Waals surface area contributed by atoms with Crippen molar-refractivity contribution in [3.63, 3.8) is 0 Å². The highest BCUT2D eigenvalue weighted by molar-refractivity contribution is 6.31. The molecular formula is C10H11ClN4. The minimum absolute atomic E-state index is 0.633. The number of anilines is 1. The fourth-order valence-electron chi connectivity index (χ4n) is 1.42. The minimum atomic E-state index is 0.633. The van der Waals surface area contributed by atoms with E-state index in [9.17, 15) is 0 Å². The molecule has 1 heterocycles. The normalized spacial score (nSPS) is 10.6. The molecule has 3 N–H and O–H groups in total. The first kappa shape index (κ1) is 10.1. The molecule has 0 saturated heterocycles. The van der Waals surface area contributed by atoms with Gasteiger partial charge in [-0.05, 0) is 18.2 Å². The molecule has 1 aromatic heterocycles. The van der Waals surface area contributed by atoms with Crippen LogP contribution in [-0.2, 0) is 6.42 Å². The summed E-state index contributed by atoms with van der Waals surface area (Å²) >= 11 is 5.90. The molecule has 4 nitrogen and oxygen atoms in total. The number of nitrogens with two attached hydrogens (primary N) is 1. The minimum Gasteiger partial charge on any atom is -0.308 e. The van der Waals surface area contributed by atoms with E-state index in [1.165, 1.54) is 0 Å². The predicted molar refractivity (Wildman–Crippen MR) is 61.7 cm³/mol. The lowest BCUT2D eigenvalue weighted by Gasteiger charge is -2.06. The number of halogens is 1. The van der Waals surface area contributed by atoms with Crippen LogP contribution >= 0.6 is 11.6 Å². The summed E-state index contributed by atoms with van der Waals surface area (Å²) in [7, 11) is 0. The summed E-state index contributed by atoms with van der Waals surface area (Å²) < 4.78 is 0. The van der Waals surface area contributed by atoms with Crippen molar-refractivity contribution in [3.05, 3.63) is 29.0 Å². The van der Waals surface area contributed by atoms with Crippen LogP contribution < -0.4 is 11.3 Å². The molecule has 0 radical (unpaired) electrons.